The van der Waals surface area contributed by atoms with Gasteiger partial charge in [-0.1, -0.05) is 6.92 Å². The molecule has 4 heteroatoms. The molecular formula is C11H17N3O. The average Bonchev–Trinajstić information content (AvgIpc) is 2.60. The third-order valence-electron chi connectivity index (χ3n) is 2.64. The SMILES string of the molecule is CCCn1cccc1C(=O)NC1CNC1. The van der Waals surface area contributed by atoms with Crippen molar-refractivity contribution in [2.24, 2.45) is 0 Å². The van der Waals surface area contributed by atoms with Gasteiger partial charge in [0.2, 0.25) is 0 Å². The van der Waals surface area contributed by atoms with Crippen molar-refractivity contribution in [2.45, 2.75) is 25.9 Å². The summed E-state index contributed by atoms with van der Waals surface area (Å²) in [6.07, 6.45) is 3.00. The van der Waals surface area contributed by atoms with Gasteiger partial charge in [0, 0.05) is 25.8 Å². The highest BCUT2D eigenvalue weighted by atomic mass is 16.2. The molecule has 1 aliphatic rings. The van der Waals surface area contributed by atoms with Crippen molar-refractivity contribution in [3.05, 3.63) is 24.0 Å². The van der Waals surface area contributed by atoms with E-state index in [-0.39, 0.29) is 5.91 Å². The molecular weight excluding hydrogens is 190 g/mol. The summed E-state index contributed by atoms with van der Waals surface area (Å²) in [5.41, 5.74) is 0.767. The molecule has 82 valence electrons. The monoisotopic (exact) mass is 207 g/mol. The summed E-state index contributed by atoms with van der Waals surface area (Å²) >= 11 is 0. The second-order valence-electron chi connectivity index (χ2n) is 3.92. The molecule has 1 aliphatic heterocycles. The summed E-state index contributed by atoms with van der Waals surface area (Å²) < 4.78 is 2.00. The predicted octanol–water partition coefficient (Wildman–Crippen LogP) is 0.600. The number of nitrogens with zero attached hydrogens (tertiary/aromatic N) is 1. The van der Waals surface area contributed by atoms with Gasteiger partial charge in [0.15, 0.2) is 0 Å². The zero-order valence-electron chi connectivity index (χ0n) is 8.99. The Morgan fingerprint density at radius 1 is 1.67 bits per heavy atom. The van der Waals surface area contributed by atoms with E-state index < -0.39 is 0 Å². The minimum Gasteiger partial charge on any atom is -0.345 e. The Balaban J connectivity index is 2.00. The van der Waals surface area contributed by atoms with Gasteiger partial charge in [-0.25, -0.2) is 0 Å². The fourth-order valence-electron chi connectivity index (χ4n) is 1.71. The molecule has 0 atom stereocenters. The molecule has 1 aromatic rings. The molecule has 0 bridgehead atoms. The van der Waals surface area contributed by atoms with Gasteiger partial charge in [0.05, 0.1) is 6.04 Å². The van der Waals surface area contributed by atoms with Crippen molar-refractivity contribution in [3.63, 3.8) is 0 Å². The van der Waals surface area contributed by atoms with Crippen LogP contribution in [0.4, 0.5) is 0 Å². The first-order chi connectivity index (χ1) is 7.31. The molecule has 2 rings (SSSR count). The number of aryl methyl sites for hydroxylation is 1. The van der Waals surface area contributed by atoms with E-state index in [4.69, 9.17) is 0 Å². The second-order valence-corrected chi connectivity index (χ2v) is 3.92. The minimum absolute atomic E-state index is 0.0416. The number of nitrogens with one attached hydrogen (secondary N) is 2. The van der Waals surface area contributed by atoms with Crippen LogP contribution in [-0.4, -0.2) is 29.6 Å². The van der Waals surface area contributed by atoms with E-state index in [9.17, 15) is 4.79 Å². The maximum absolute atomic E-state index is 11.8. The van der Waals surface area contributed by atoms with Gasteiger partial charge in [-0.15, -0.1) is 0 Å². The van der Waals surface area contributed by atoms with Crippen LogP contribution in [0.2, 0.25) is 0 Å². The zero-order chi connectivity index (χ0) is 10.7. The Hall–Kier alpha value is -1.29. The number of hydrogen-bond acceptors (Lipinski definition) is 2. The smallest absolute Gasteiger partial charge is 0.268 e. The van der Waals surface area contributed by atoms with Gasteiger partial charge >= 0.3 is 0 Å². The van der Waals surface area contributed by atoms with E-state index >= 15 is 0 Å². The summed E-state index contributed by atoms with van der Waals surface area (Å²) in [5, 5.41) is 6.13. The van der Waals surface area contributed by atoms with E-state index in [0.717, 1.165) is 31.7 Å². The van der Waals surface area contributed by atoms with Gasteiger partial charge < -0.3 is 15.2 Å². The number of rotatable bonds is 4. The van der Waals surface area contributed by atoms with Gasteiger partial charge in [0.25, 0.3) is 5.91 Å². The van der Waals surface area contributed by atoms with Gasteiger partial charge in [-0.3, -0.25) is 4.79 Å². The number of carbonyl (C=O) groups is 1. The topological polar surface area (TPSA) is 46.1 Å². The first-order valence-electron chi connectivity index (χ1n) is 5.48. The van der Waals surface area contributed by atoms with Crippen molar-refractivity contribution in [3.8, 4) is 0 Å². The van der Waals surface area contributed by atoms with Crippen LogP contribution in [0, 0.1) is 0 Å². The van der Waals surface area contributed by atoms with Gasteiger partial charge in [0.1, 0.15) is 5.69 Å². The summed E-state index contributed by atoms with van der Waals surface area (Å²) in [4.78, 5) is 11.8. The van der Waals surface area contributed by atoms with Crippen LogP contribution < -0.4 is 10.6 Å². The van der Waals surface area contributed by atoms with E-state index in [1.807, 2.05) is 22.9 Å². The van der Waals surface area contributed by atoms with Crippen molar-refractivity contribution in [1.82, 2.24) is 15.2 Å². The third-order valence-corrected chi connectivity index (χ3v) is 2.64. The zero-order valence-corrected chi connectivity index (χ0v) is 8.99. The van der Waals surface area contributed by atoms with Crippen molar-refractivity contribution in [2.75, 3.05) is 13.1 Å². The molecule has 15 heavy (non-hydrogen) atoms. The van der Waals surface area contributed by atoms with E-state index in [1.165, 1.54) is 0 Å². The van der Waals surface area contributed by atoms with Crippen molar-refractivity contribution < 1.29 is 4.79 Å². The van der Waals surface area contributed by atoms with Crippen LogP contribution in [-0.2, 0) is 6.54 Å². The lowest BCUT2D eigenvalue weighted by molar-refractivity contribution is 0.0914. The standard InChI is InChI=1S/C11H17N3O/c1-2-5-14-6-3-4-10(14)11(15)13-9-7-12-8-9/h3-4,6,9,12H,2,5,7-8H2,1H3,(H,13,15). The Bertz CT molecular complexity index is 341. The number of amides is 1. The highest BCUT2D eigenvalue weighted by Crippen LogP contribution is 2.04. The molecule has 4 nitrogen and oxygen atoms in total. The lowest BCUT2D eigenvalue weighted by Crippen LogP contribution is -2.57. The fourth-order valence-corrected chi connectivity index (χ4v) is 1.71. The lowest BCUT2D eigenvalue weighted by Gasteiger charge is -2.28. The van der Waals surface area contributed by atoms with Crippen LogP contribution in [0.1, 0.15) is 23.8 Å². The summed E-state index contributed by atoms with van der Waals surface area (Å²) in [6.45, 7) is 4.79. The predicted molar refractivity (Wildman–Crippen MR) is 58.8 cm³/mol. The molecule has 2 N–H and O–H groups in total. The quantitative estimate of drug-likeness (QED) is 0.759. The van der Waals surface area contributed by atoms with Crippen LogP contribution in [0.3, 0.4) is 0 Å². The second kappa shape index (κ2) is 4.49. The molecule has 1 aromatic heterocycles. The summed E-state index contributed by atoms with van der Waals surface area (Å²) in [5.74, 6) is 0.0416. The number of aromatic nitrogens is 1. The Kier molecular flexibility index (Phi) is 3.06. The van der Waals surface area contributed by atoms with E-state index in [2.05, 4.69) is 17.6 Å². The lowest BCUT2D eigenvalue weighted by atomic mass is 10.2. The average molecular weight is 207 g/mol. The Labute approximate surface area is 89.7 Å². The van der Waals surface area contributed by atoms with Crippen LogP contribution in [0.5, 0.6) is 0 Å². The van der Waals surface area contributed by atoms with Crippen molar-refractivity contribution >= 4 is 5.91 Å². The Morgan fingerprint density at radius 2 is 2.47 bits per heavy atom. The molecule has 1 fully saturated rings. The molecule has 1 amide bonds. The number of hydrogen-bond donors (Lipinski definition) is 2. The molecule has 0 radical (unpaired) electrons. The molecule has 0 saturated carbocycles. The van der Waals surface area contributed by atoms with Crippen LogP contribution in [0.25, 0.3) is 0 Å². The normalized spacial score (nSPS) is 16.1. The highest BCUT2D eigenvalue weighted by Gasteiger charge is 2.20. The largest absolute Gasteiger partial charge is 0.345 e. The first-order valence-corrected chi connectivity index (χ1v) is 5.48. The first kappa shape index (κ1) is 10.2. The van der Waals surface area contributed by atoms with Crippen molar-refractivity contribution in [1.29, 1.82) is 0 Å². The molecule has 0 unspecified atom stereocenters. The molecule has 0 spiro atoms. The maximum atomic E-state index is 11.8. The molecule has 1 saturated heterocycles. The fraction of sp³-hybridized carbons (Fsp3) is 0.545. The van der Waals surface area contributed by atoms with Gasteiger partial charge in [-0.2, -0.15) is 0 Å². The van der Waals surface area contributed by atoms with Crippen LogP contribution >= 0.6 is 0 Å². The van der Waals surface area contributed by atoms with Crippen LogP contribution in [0.15, 0.2) is 18.3 Å². The molecule has 0 aliphatic carbocycles. The Morgan fingerprint density at radius 3 is 3.07 bits per heavy atom. The van der Waals surface area contributed by atoms with E-state index in [1.54, 1.807) is 0 Å². The van der Waals surface area contributed by atoms with Gasteiger partial charge in [-0.05, 0) is 18.6 Å². The summed E-state index contributed by atoms with van der Waals surface area (Å²) in [6, 6.07) is 4.10. The molecule has 0 aromatic carbocycles. The minimum atomic E-state index is 0.0416. The third kappa shape index (κ3) is 2.21. The maximum Gasteiger partial charge on any atom is 0.268 e. The van der Waals surface area contributed by atoms with E-state index in [0.29, 0.717) is 6.04 Å². The highest BCUT2D eigenvalue weighted by molar-refractivity contribution is 5.93. The number of carbonyl (C=O) groups excluding carboxylic acids is 1. The summed E-state index contributed by atoms with van der Waals surface area (Å²) in [7, 11) is 0. The molecule has 2 heterocycles.